The van der Waals surface area contributed by atoms with Crippen LogP contribution in [0.4, 0.5) is 11.4 Å². The monoisotopic (exact) mass is 342 g/mol. The van der Waals surface area contributed by atoms with Gasteiger partial charge in [0.25, 0.3) is 0 Å². The van der Waals surface area contributed by atoms with Crippen LogP contribution in [0.15, 0.2) is 48.5 Å². The first kappa shape index (κ1) is 18.1. The number of benzene rings is 2. The number of rotatable bonds is 7. The van der Waals surface area contributed by atoms with Gasteiger partial charge in [-0.3, -0.25) is 9.59 Å². The zero-order valence-electron chi connectivity index (χ0n) is 14.0. The summed E-state index contributed by atoms with van der Waals surface area (Å²) in [5.74, 6) is 0.303. The predicted molar refractivity (Wildman–Crippen MR) is 102 cm³/mol. The summed E-state index contributed by atoms with van der Waals surface area (Å²) in [7, 11) is 0. The van der Waals surface area contributed by atoms with E-state index in [-0.39, 0.29) is 23.3 Å². The lowest BCUT2D eigenvalue weighted by molar-refractivity contribution is -0.114. The number of hydrogen-bond acceptors (Lipinski definition) is 3. The quantitative estimate of drug-likeness (QED) is 0.803. The molecule has 0 aliphatic carbocycles. The third kappa shape index (κ3) is 5.42. The van der Waals surface area contributed by atoms with Gasteiger partial charge in [-0.05, 0) is 36.6 Å². The molecule has 0 fully saturated rings. The Balaban J connectivity index is 1.76. The third-order valence-electron chi connectivity index (χ3n) is 3.56. The molecule has 2 N–H and O–H groups in total. The van der Waals surface area contributed by atoms with Gasteiger partial charge in [0.15, 0.2) is 0 Å². The second-order valence-electron chi connectivity index (χ2n) is 5.41. The Bertz CT molecular complexity index is 716. The lowest BCUT2D eigenvalue weighted by Gasteiger charge is -2.10. The minimum absolute atomic E-state index is 0.0930. The third-order valence-corrected chi connectivity index (χ3v) is 4.49. The minimum atomic E-state index is -0.101. The molecule has 2 aromatic carbocycles. The Hall–Kier alpha value is -2.27. The van der Waals surface area contributed by atoms with Gasteiger partial charge in [-0.2, -0.15) is 0 Å². The van der Waals surface area contributed by atoms with E-state index in [9.17, 15) is 9.59 Å². The molecule has 0 radical (unpaired) electrons. The number of nitrogens with one attached hydrogen (secondary N) is 2. The summed E-state index contributed by atoms with van der Waals surface area (Å²) in [6.07, 6.45) is 0.864. The minimum Gasteiger partial charge on any atom is -0.325 e. The maximum atomic E-state index is 12.0. The second kappa shape index (κ2) is 9.13. The van der Waals surface area contributed by atoms with Crippen LogP contribution in [0, 0.1) is 6.92 Å². The molecule has 0 heterocycles. The average molecular weight is 342 g/mol. The van der Waals surface area contributed by atoms with Crippen LogP contribution < -0.4 is 10.6 Å². The van der Waals surface area contributed by atoms with E-state index in [0.717, 1.165) is 28.9 Å². The maximum Gasteiger partial charge on any atom is 0.234 e. The summed E-state index contributed by atoms with van der Waals surface area (Å²) in [6.45, 7) is 4.00. The van der Waals surface area contributed by atoms with Gasteiger partial charge in [0.2, 0.25) is 11.8 Å². The highest BCUT2D eigenvalue weighted by Gasteiger charge is 2.08. The Kier molecular flexibility index (Phi) is 6.88. The van der Waals surface area contributed by atoms with Gasteiger partial charge >= 0.3 is 0 Å². The number of amides is 2. The topological polar surface area (TPSA) is 58.2 Å². The van der Waals surface area contributed by atoms with Crippen molar-refractivity contribution in [2.45, 2.75) is 20.3 Å². The van der Waals surface area contributed by atoms with Crippen LogP contribution in [0.25, 0.3) is 0 Å². The van der Waals surface area contributed by atoms with E-state index in [1.807, 2.05) is 55.5 Å². The van der Waals surface area contributed by atoms with Crippen LogP contribution in [0.3, 0.4) is 0 Å². The summed E-state index contributed by atoms with van der Waals surface area (Å²) in [6, 6.07) is 15.4. The fourth-order valence-corrected chi connectivity index (χ4v) is 2.89. The molecule has 0 aliphatic heterocycles. The van der Waals surface area contributed by atoms with E-state index in [4.69, 9.17) is 0 Å². The molecular formula is C19H22N2O2S. The molecule has 0 saturated heterocycles. The van der Waals surface area contributed by atoms with Crippen molar-refractivity contribution in [1.82, 2.24) is 0 Å². The number of thioether (sulfide) groups is 1. The Labute approximate surface area is 147 Å². The molecule has 2 amide bonds. The number of anilines is 2. The van der Waals surface area contributed by atoms with Gasteiger partial charge in [0, 0.05) is 11.4 Å². The van der Waals surface area contributed by atoms with Crippen molar-refractivity contribution in [2.24, 2.45) is 0 Å². The smallest absolute Gasteiger partial charge is 0.234 e. The fraction of sp³-hybridized carbons (Fsp3) is 0.263. The van der Waals surface area contributed by atoms with Crippen molar-refractivity contribution in [2.75, 3.05) is 22.1 Å². The molecule has 0 aromatic heterocycles. The van der Waals surface area contributed by atoms with Crippen molar-refractivity contribution in [3.63, 3.8) is 0 Å². The lowest BCUT2D eigenvalue weighted by Crippen LogP contribution is -2.19. The molecule has 24 heavy (non-hydrogen) atoms. The molecule has 0 aliphatic rings. The summed E-state index contributed by atoms with van der Waals surface area (Å²) >= 11 is 1.30. The summed E-state index contributed by atoms with van der Waals surface area (Å²) in [5, 5.41) is 5.76. The second-order valence-corrected chi connectivity index (χ2v) is 6.40. The number of aryl methyl sites for hydroxylation is 2. The molecule has 2 aromatic rings. The van der Waals surface area contributed by atoms with Crippen molar-refractivity contribution in [1.29, 1.82) is 0 Å². The SMILES string of the molecule is CCc1ccccc1NC(=O)CSCC(=O)Nc1ccccc1C. The highest BCUT2D eigenvalue weighted by molar-refractivity contribution is 8.00. The van der Waals surface area contributed by atoms with Crippen LogP contribution >= 0.6 is 11.8 Å². The molecule has 0 unspecified atom stereocenters. The normalized spacial score (nSPS) is 10.2. The van der Waals surface area contributed by atoms with E-state index < -0.39 is 0 Å². The van der Waals surface area contributed by atoms with Crippen molar-refractivity contribution < 1.29 is 9.59 Å². The molecule has 4 nitrogen and oxygen atoms in total. The van der Waals surface area contributed by atoms with Crippen LogP contribution in [0.5, 0.6) is 0 Å². The van der Waals surface area contributed by atoms with Gasteiger partial charge in [0.1, 0.15) is 0 Å². The van der Waals surface area contributed by atoms with Gasteiger partial charge in [0.05, 0.1) is 11.5 Å². The molecule has 0 bridgehead atoms. The average Bonchev–Trinajstić information content (AvgIpc) is 2.57. The van der Waals surface area contributed by atoms with Gasteiger partial charge < -0.3 is 10.6 Å². The Morgan fingerprint density at radius 2 is 1.42 bits per heavy atom. The number of carbonyl (C=O) groups is 2. The maximum absolute atomic E-state index is 12.0. The van der Waals surface area contributed by atoms with E-state index in [0.29, 0.717) is 0 Å². The van der Waals surface area contributed by atoms with Crippen LogP contribution in [0.1, 0.15) is 18.1 Å². The van der Waals surface area contributed by atoms with Crippen LogP contribution in [-0.2, 0) is 16.0 Å². The zero-order valence-corrected chi connectivity index (χ0v) is 14.8. The van der Waals surface area contributed by atoms with Crippen LogP contribution in [-0.4, -0.2) is 23.3 Å². The molecule has 5 heteroatoms. The van der Waals surface area contributed by atoms with Crippen molar-refractivity contribution in [3.8, 4) is 0 Å². The predicted octanol–water partition coefficient (Wildman–Crippen LogP) is 3.87. The molecule has 0 saturated carbocycles. The van der Waals surface area contributed by atoms with E-state index in [2.05, 4.69) is 17.6 Å². The van der Waals surface area contributed by atoms with E-state index >= 15 is 0 Å². The first-order chi connectivity index (χ1) is 11.6. The number of hydrogen-bond donors (Lipinski definition) is 2. The van der Waals surface area contributed by atoms with E-state index in [1.54, 1.807) is 0 Å². The largest absolute Gasteiger partial charge is 0.325 e. The van der Waals surface area contributed by atoms with Crippen molar-refractivity contribution >= 4 is 35.0 Å². The van der Waals surface area contributed by atoms with E-state index in [1.165, 1.54) is 11.8 Å². The first-order valence-corrected chi connectivity index (χ1v) is 9.06. The Morgan fingerprint density at radius 1 is 0.875 bits per heavy atom. The zero-order chi connectivity index (χ0) is 17.4. The highest BCUT2D eigenvalue weighted by atomic mass is 32.2. The lowest BCUT2D eigenvalue weighted by atomic mass is 10.1. The van der Waals surface area contributed by atoms with Crippen molar-refractivity contribution in [3.05, 3.63) is 59.7 Å². The Morgan fingerprint density at radius 3 is 2.04 bits per heavy atom. The first-order valence-electron chi connectivity index (χ1n) is 7.91. The van der Waals surface area contributed by atoms with Gasteiger partial charge in [-0.1, -0.05) is 43.3 Å². The number of carbonyl (C=O) groups excluding carboxylic acids is 2. The highest BCUT2D eigenvalue weighted by Crippen LogP contribution is 2.16. The number of para-hydroxylation sites is 2. The molecule has 2 rings (SSSR count). The fourth-order valence-electron chi connectivity index (χ4n) is 2.27. The summed E-state index contributed by atoms with van der Waals surface area (Å²) in [5.41, 5.74) is 3.78. The molecular weight excluding hydrogens is 320 g/mol. The summed E-state index contributed by atoms with van der Waals surface area (Å²) in [4.78, 5) is 24.0. The standard InChI is InChI=1S/C19H22N2O2S/c1-3-15-9-5-7-11-17(15)21-19(23)13-24-12-18(22)20-16-10-6-4-8-14(16)2/h4-11H,3,12-13H2,1-2H3,(H,20,22)(H,21,23). The van der Waals surface area contributed by atoms with Gasteiger partial charge in [-0.25, -0.2) is 0 Å². The van der Waals surface area contributed by atoms with Gasteiger partial charge in [-0.15, -0.1) is 11.8 Å². The van der Waals surface area contributed by atoms with Crippen LogP contribution in [0.2, 0.25) is 0 Å². The molecule has 0 spiro atoms. The summed E-state index contributed by atoms with van der Waals surface area (Å²) < 4.78 is 0. The molecule has 0 atom stereocenters. The molecule has 126 valence electrons.